The maximum Gasteiger partial charge on any atom is 0.410 e. The SMILES string of the molecule is COC(=O)N(CCN1CCN(C(C)=O)CC1)C(CCC(=O)N1CCNCC1)N1[C@@H]2CC[C@H]1C[C@H](NC(=O)c1cc3ccccc3n(C(C)C)c1=O)C2. The van der Waals surface area contributed by atoms with Gasteiger partial charge in [0.15, 0.2) is 0 Å². The van der Waals surface area contributed by atoms with Gasteiger partial charge in [-0.2, -0.15) is 0 Å². The smallest absolute Gasteiger partial charge is 0.410 e. The number of rotatable bonds is 11. The molecule has 2 N–H and O–H groups in total. The summed E-state index contributed by atoms with van der Waals surface area (Å²) in [7, 11) is 1.40. The third-order valence-electron chi connectivity index (χ3n) is 11.5. The van der Waals surface area contributed by atoms with Crippen molar-refractivity contribution in [2.24, 2.45) is 0 Å². The zero-order valence-corrected chi connectivity index (χ0v) is 31.2. The number of carbonyl (C=O) groups excluding carboxylic acids is 4. The number of amides is 4. The summed E-state index contributed by atoms with van der Waals surface area (Å²) in [6, 6.07) is 9.27. The first kappa shape index (κ1) is 37.7. The lowest BCUT2D eigenvalue weighted by molar-refractivity contribution is -0.133. The number of fused-ring (bicyclic) bond motifs is 3. The Kier molecular flexibility index (Phi) is 12.2. The average molecular weight is 721 g/mol. The number of piperidine rings is 1. The molecule has 6 rings (SSSR count). The molecule has 4 amide bonds. The van der Waals surface area contributed by atoms with Crippen molar-refractivity contribution in [1.29, 1.82) is 0 Å². The Labute approximate surface area is 306 Å². The lowest BCUT2D eigenvalue weighted by Gasteiger charge is -2.47. The number of hydrogen-bond donors (Lipinski definition) is 2. The molecule has 4 saturated heterocycles. The second-order valence-corrected chi connectivity index (χ2v) is 15.0. The van der Waals surface area contributed by atoms with Gasteiger partial charge < -0.3 is 29.7 Å². The van der Waals surface area contributed by atoms with Crippen LogP contribution in [0, 0.1) is 0 Å². The van der Waals surface area contributed by atoms with E-state index >= 15 is 0 Å². The van der Waals surface area contributed by atoms with E-state index in [1.807, 2.05) is 47.9 Å². The standard InChI is InChI=1S/C38H56N8O6/c1-26(2)45-33-8-6-5-7-28(33)23-32(37(45)50)36(49)40-29-24-30-9-10-31(25-29)46(30)34(11-12-35(48)43-15-13-39-14-16-43)44(38(51)52-4)22-19-41-17-20-42(21-18-41)27(3)47/h5-8,23,26,29-31,34,39H,9-22,24-25H2,1-4H3,(H,40,49)/t29-,30-,31+,34?. The van der Waals surface area contributed by atoms with Gasteiger partial charge in [0.05, 0.1) is 18.8 Å². The fourth-order valence-corrected chi connectivity index (χ4v) is 8.85. The Morgan fingerprint density at radius 2 is 1.63 bits per heavy atom. The Balaban J connectivity index is 1.19. The fraction of sp³-hybridized carbons (Fsp3) is 0.658. The first-order chi connectivity index (χ1) is 25.0. The van der Waals surface area contributed by atoms with Gasteiger partial charge in [-0.05, 0) is 63.5 Å². The van der Waals surface area contributed by atoms with Gasteiger partial charge in [-0.15, -0.1) is 0 Å². The molecule has 0 saturated carbocycles. The van der Waals surface area contributed by atoms with Crippen molar-refractivity contribution in [3.63, 3.8) is 0 Å². The predicted molar refractivity (Wildman–Crippen MR) is 198 cm³/mol. The van der Waals surface area contributed by atoms with Crippen LogP contribution in [0.4, 0.5) is 4.79 Å². The molecule has 52 heavy (non-hydrogen) atoms. The van der Waals surface area contributed by atoms with E-state index in [1.165, 1.54) is 7.11 Å². The number of nitrogens with zero attached hydrogens (tertiary/aromatic N) is 6. The molecule has 4 fully saturated rings. The van der Waals surface area contributed by atoms with Crippen LogP contribution in [0.15, 0.2) is 35.1 Å². The van der Waals surface area contributed by atoms with Crippen LogP contribution in [0.25, 0.3) is 10.9 Å². The van der Waals surface area contributed by atoms with Crippen LogP contribution in [0.1, 0.15) is 75.7 Å². The van der Waals surface area contributed by atoms with E-state index in [1.54, 1.807) is 22.5 Å². The van der Waals surface area contributed by atoms with Crippen LogP contribution in [-0.4, -0.2) is 150 Å². The van der Waals surface area contributed by atoms with Gasteiger partial charge in [0.2, 0.25) is 11.8 Å². The Bertz CT molecular complexity index is 1650. The van der Waals surface area contributed by atoms with Crippen LogP contribution < -0.4 is 16.2 Å². The number of piperazine rings is 2. The molecule has 4 aliphatic heterocycles. The largest absolute Gasteiger partial charge is 0.453 e. The molecule has 5 heterocycles. The van der Waals surface area contributed by atoms with Crippen molar-refractivity contribution in [2.45, 2.75) is 89.6 Å². The summed E-state index contributed by atoms with van der Waals surface area (Å²) in [6.07, 6.45) is 3.20. The molecule has 4 atom stereocenters. The number of nitrogens with one attached hydrogen (secondary N) is 2. The molecule has 2 aromatic rings. The minimum Gasteiger partial charge on any atom is -0.453 e. The van der Waals surface area contributed by atoms with Crippen molar-refractivity contribution in [2.75, 3.05) is 72.6 Å². The van der Waals surface area contributed by atoms with Crippen LogP contribution >= 0.6 is 0 Å². The highest BCUT2D eigenvalue weighted by atomic mass is 16.5. The summed E-state index contributed by atoms with van der Waals surface area (Å²) in [6.45, 7) is 12.2. The highest BCUT2D eigenvalue weighted by Gasteiger charge is 2.47. The number of carbonyl (C=O) groups is 4. The van der Waals surface area contributed by atoms with Gasteiger partial charge in [-0.25, -0.2) is 4.79 Å². The van der Waals surface area contributed by atoms with Crippen molar-refractivity contribution < 1.29 is 23.9 Å². The van der Waals surface area contributed by atoms with Crippen LogP contribution in [0.3, 0.4) is 0 Å². The van der Waals surface area contributed by atoms with E-state index in [0.717, 1.165) is 49.9 Å². The molecular formula is C38H56N8O6. The Morgan fingerprint density at radius 3 is 2.27 bits per heavy atom. The number of para-hydroxylation sites is 1. The first-order valence-electron chi connectivity index (χ1n) is 19.1. The van der Waals surface area contributed by atoms with Crippen molar-refractivity contribution >= 4 is 34.7 Å². The molecule has 0 spiro atoms. The molecule has 14 heteroatoms. The topological polar surface area (TPSA) is 140 Å². The maximum absolute atomic E-state index is 13.8. The highest BCUT2D eigenvalue weighted by Crippen LogP contribution is 2.39. The second kappa shape index (κ2) is 16.8. The van der Waals surface area contributed by atoms with Crippen molar-refractivity contribution in [3.8, 4) is 0 Å². The molecule has 0 aliphatic carbocycles. The zero-order valence-electron chi connectivity index (χ0n) is 31.2. The minimum atomic E-state index is -0.422. The first-order valence-corrected chi connectivity index (χ1v) is 19.1. The summed E-state index contributed by atoms with van der Waals surface area (Å²) in [5, 5.41) is 7.37. The zero-order chi connectivity index (χ0) is 36.9. The van der Waals surface area contributed by atoms with E-state index in [9.17, 15) is 24.0 Å². The fourth-order valence-electron chi connectivity index (χ4n) is 8.85. The summed E-state index contributed by atoms with van der Waals surface area (Å²) < 4.78 is 7.06. The van der Waals surface area contributed by atoms with Gasteiger partial charge in [0.25, 0.3) is 11.5 Å². The Morgan fingerprint density at radius 1 is 0.962 bits per heavy atom. The summed E-state index contributed by atoms with van der Waals surface area (Å²) in [5.74, 6) is -0.194. The number of pyridine rings is 1. The number of ether oxygens (including phenoxy) is 1. The number of aromatic nitrogens is 1. The number of hydrogen-bond acceptors (Lipinski definition) is 9. The third-order valence-corrected chi connectivity index (χ3v) is 11.5. The number of benzene rings is 1. The third kappa shape index (κ3) is 8.29. The quantitative estimate of drug-likeness (QED) is 0.357. The molecule has 4 aliphatic rings. The molecule has 284 valence electrons. The van der Waals surface area contributed by atoms with Gasteiger partial charge in [-0.1, -0.05) is 18.2 Å². The summed E-state index contributed by atoms with van der Waals surface area (Å²) in [4.78, 5) is 76.5. The minimum absolute atomic E-state index is 0.0741. The lowest BCUT2D eigenvalue weighted by atomic mass is 9.95. The van der Waals surface area contributed by atoms with Gasteiger partial charge in [0.1, 0.15) is 5.56 Å². The van der Waals surface area contributed by atoms with Crippen molar-refractivity contribution in [1.82, 2.24) is 39.7 Å². The Hall–Kier alpha value is -4.01. The van der Waals surface area contributed by atoms with Crippen LogP contribution in [0.2, 0.25) is 0 Å². The second-order valence-electron chi connectivity index (χ2n) is 15.0. The highest BCUT2D eigenvalue weighted by molar-refractivity contribution is 5.97. The van der Waals surface area contributed by atoms with Crippen LogP contribution in [-0.2, 0) is 14.3 Å². The molecule has 1 unspecified atom stereocenters. The monoisotopic (exact) mass is 720 g/mol. The van der Waals surface area contributed by atoms with Gasteiger partial charge in [0, 0.05) is 103 Å². The van der Waals surface area contributed by atoms with E-state index in [4.69, 9.17) is 4.74 Å². The lowest BCUT2D eigenvalue weighted by Crippen LogP contribution is -2.61. The molecule has 2 bridgehead atoms. The van der Waals surface area contributed by atoms with Crippen molar-refractivity contribution in [3.05, 3.63) is 46.2 Å². The normalized spacial score (nSPS) is 23.1. The molecular weight excluding hydrogens is 664 g/mol. The summed E-state index contributed by atoms with van der Waals surface area (Å²) in [5.41, 5.74) is 0.657. The predicted octanol–water partition coefficient (Wildman–Crippen LogP) is 2.08. The summed E-state index contributed by atoms with van der Waals surface area (Å²) >= 11 is 0. The van der Waals surface area contributed by atoms with E-state index < -0.39 is 6.09 Å². The van der Waals surface area contributed by atoms with Gasteiger partial charge in [-0.3, -0.25) is 33.9 Å². The van der Waals surface area contributed by atoms with Crippen LogP contribution in [0.5, 0.6) is 0 Å². The van der Waals surface area contributed by atoms with E-state index in [0.29, 0.717) is 65.0 Å². The van der Waals surface area contributed by atoms with Gasteiger partial charge >= 0.3 is 6.09 Å². The molecule has 1 aromatic carbocycles. The molecule has 0 radical (unpaired) electrons. The molecule has 1 aromatic heterocycles. The van der Waals surface area contributed by atoms with E-state index in [2.05, 4.69) is 20.4 Å². The molecule has 14 nitrogen and oxygen atoms in total. The van der Waals surface area contributed by atoms with E-state index in [-0.39, 0.29) is 59.2 Å². The maximum atomic E-state index is 13.8. The average Bonchev–Trinajstić information content (AvgIpc) is 3.40. The number of methoxy groups -OCH3 is 1.